The van der Waals surface area contributed by atoms with Crippen molar-refractivity contribution in [2.75, 3.05) is 0 Å². The fourth-order valence-corrected chi connectivity index (χ4v) is 1.40. The molecule has 78 valence electrons. The molecular formula is C14H17N. The third-order valence-corrected chi connectivity index (χ3v) is 2.18. The van der Waals surface area contributed by atoms with Gasteiger partial charge in [0.05, 0.1) is 0 Å². The van der Waals surface area contributed by atoms with Gasteiger partial charge in [0.15, 0.2) is 0 Å². The van der Waals surface area contributed by atoms with E-state index in [0.717, 1.165) is 5.57 Å². The zero-order valence-corrected chi connectivity index (χ0v) is 9.54. The molecule has 0 spiro atoms. The van der Waals surface area contributed by atoms with Crippen molar-refractivity contribution in [1.82, 2.24) is 0 Å². The van der Waals surface area contributed by atoms with Crippen molar-refractivity contribution < 1.29 is 0 Å². The van der Waals surface area contributed by atoms with Crippen molar-refractivity contribution in [3.8, 4) is 0 Å². The Hall–Kier alpha value is -1.63. The van der Waals surface area contributed by atoms with Crippen molar-refractivity contribution in [2.24, 2.45) is 0 Å². The van der Waals surface area contributed by atoms with E-state index >= 15 is 0 Å². The molecule has 1 rings (SSSR count). The van der Waals surface area contributed by atoms with Gasteiger partial charge in [-0.1, -0.05) is 42.0 Å². The van der Waals surface area contributed by atoms with E-state index < -0.39 is 0 Å². The second-order valence-electron chi connectivity index (χ2n) is 3.63. The molecule has 1 aromatic rings. The number of rotatable bonds is 3. The molecule has 1 heteroatoms. The van der Waals surface area contributed by atoms with Gasteiger partial charge < -0.3 is 5.41 Å². The van der Waals surface area contributed by atoms with Crippen LogP contribution < -0.4 is 0 Å². The van der Waals surface area contributed by atoms with Gasteiger partial charge in [-0.05, 0) is 38.0 Å². The predicted octanol–water partition coefficient (Wildman–Crippen LogP) is 3.99. The van der Waals surface area contributed by atoms with E-state index in [1.807, 2.05) is 19.1 Å². The summed E-state index contributed by atoms with van der Waals surface area (Å²) in [4.78, 5) is 0. The quantitative estimate of drug-likeness (QED) is 0.562. The van der Waals surface area contributed by atoms with Crippen molar-refractivity contribution in [2.45, 2.75) is 20.8 Å². The number of nitrogens with one attached hydrogen (secondary N) is 1. The first-order valence-corrected chi connectivity index (χ1v) is 5.10. The Morgan fingerprint density at radius 3 is 2.53 bits per heavy atom. The molecule has 0 aliphatic rings. The third kappa shape index (κ3) is 3.55. The second kappa shape index (κ2) is 5.30. The molecule has 1 aromatic carbocycles. The lowest BCUT2D eigenvalue weighted by Gasteiger charge is -2.03. The van der Waals surface area contributed by atoms with Crippen LogP contribution in [0.3, 0.4) is 0 Å². The van der Waals surface area contributed by atoms with Gasteiger partial charge >= 0.3 is 0 Å². The topological polar surface area (TPSA) is 23.9 Å². The summed E-state index contributed by atoms with van der Waals surface area (Å²) in [7, 11) is 0. The number of aryl methyl sites for hydroxylation is 1. The minimum absolute atomic E-state index is 0.571. The maximum Gasteiger partial charge on any atom is 0.0283 e. The Balaban J connectivity index is 2.99. The van der Waals surface area contributed by atoms with Crippen LogP contribution in [0.2, 0.25) is 0 Å². The van der Waals surface area contributed by atoms with Crippen LogP contribution in [0.5, 0.6) is 0 Å². The van der Waals surface area contributed by atoms with Crippen molar-refractivity contribution in [3.05, 3.63) is 53.6 Å². The first-order valence-electron chi connectivity index (χ1n) is 5.10. The number of hydrogen-bond acceptors (Lipinski definition) is 1. The largest absolute Gasteiger partial charge is 0.306 e. The van der Waals surface area contributed by atoms with E-state index in [-0.39, 0.29) is 0 Å². The minimum atomic E-state index is 0.571. The fraction of sp³-hybridized carbons (Fsp3) is 0.214. The smallest absolute Gasteiger partial charge is 0.0283 e. The summed E-state index contributed by atoms with van der Waals surface area (Å²) < 4.78 is 0. The molecular weight excluding hydrogens is 182 g/mol. The Morgan fingerprint density at radius 2 is 2.00 bits per heavy atom. The van der Waals surface area contributed by atoms with Gasteiger partial charge in [0.1, 0.15) is 0 Å². The molecule has 0 amide bonds. The number of benzene rings is 1. The molecule has 1 nitrogen and oxygen atoms in total. The molecule has 0 atom stereocenters. The standard InChI is InChI=1S/C14H17N/c1-4-13(9-8-12(3)15)14-7-5-6-11(2)10-14/h4-10,15H,1-3H3/b9-8-,13-4+,15-12?. The molecule has 0 radical (unpaired) electrons. The van der Waals surface area contributed by atoms with E-state index in [9.17, 15) is 0 Å². The van der Waals surface area contributed by atoms with Crippen molar-refractivity contribution in [3.63, 3.8) is 0 Å². The van der Waals surface area contributed by atoms with E-state index in [4.69, 9.17) is 5.41 Å². The molecule has 1 N–H and O–H groups in total. The number of allylic oxidation sites excluding steroid dienone is 4. The lowest BCUT2D eigenvalue weighted by Crippen LogP contribution is -1.84. The fourth-order valence-electron chi connectivity index (χ4n) is 1.40. The lowest BCUT2D eigenvalue weighted by molar-refractivity contribution is 1.44. The monoisotopic (exact) mass is 199 g/mol. The Bertz CT molecular complexity index is 411. The summed E-state index contributed by atoms with van der Waals surface area (Å²) in [5.74, 6) is 0. The zero-order chi connectivity index (χ0) is 11.3. The summed E-state index contributed by atoms with van der Waals surface area (Å²) in [5, 5.41) is 7.35. The van der Waals surface area contributed by atoms with Gasteiger partial charge in [-0.2, -0.15) is 0 Å². The SMILES string of the molecule is C/C=C(\C=C/C(C)=N)c1cccc(C)c1. The van der Waals surface area contributed by atoms with E-state index in [1.165, 1.54) is 11.1 Å². The summed E-state index contributed by atoms with van der Waals surface area (Å²) in [6.07, 6.45) is 5.86. The highest BCUT2D eigenvalue weighted by Gasteiger charge is 1.96. The first-order chi connectivity index (χ1) is 7.13. The summed E-state index contributed by atoms with van der Waals surface area (Å²) in [6, 6.07) is 8.38. The van der Waals surface area contributed by atoms with Gasteiger partial charge in [0.25, 0.3) is 0 Å². The maximum atomic E-state index is 7.35. The van der Waals surface area contributed by atoms with Gasteiger partial charge in [0, 0.05) is 5.71 Å². The summed E-state index contributed by atoms with van der Waals surface area (Å²) in [6.45, 7) is 5.88. The van der Waals surface area contributed by atoms with Crippen molar-refractivity contribution >= 4 is 11.3 Å². The Morgan fingerprint density at radius 1 is 1.27 bits per heavy atom. The highest BCUT2D eigenvalue weighted by atomic mass is 14.4. The minimum Gasteiger partial charge on any atom is -0.306 e. The molecule has 0 saturated carbocycles. The highest BCUT2D eigenvalue weighted by molar-refractivity contribution is 5.93. The third-order valence-electron chi connectivity index (χ3n) is 2.18. The molecule has 0 aromatic heterocycles. The molecule has 0 aliphatic heterocycles. The average Bonchev–Trinajstić information content (AvgIpc) is 2.18. The van der Waals surface area contributed by atoms with Crippen LogP contribution in [-0.2, 0) is 0 Å². The van der Waals surface area contributed by atoms with Crippen LogP contribution in [0, 0.1) is 12.3 Å². The predicted molar refractivity (Wildman–Crippen MR) is 67.4 cm³/mol. The van der Waals surface area contributed by atoms with Gasteiger partial charge in [-0.25, -0.2) is 0 Å². The van der Waals surface area contributed by atoms with Gasteiger partial charge in [-0.3, -0.25) is 0 Å². The Kier molecular flexibility index (Phi) is 4.04. The van der Waals surface area contributed by atoms with E-state index in [2.05, 4.69) is 37.3 Å². The van der Waals surface area contributed by atoms with Crippen LogP contribution in [-0.4, -0.2) is 5.71 Å². The molecule has 0 bridgehead atoms. The van der Waals surface area contributed by atoms with Gasteiger partial charge in [-0.15, -0.1) is 0 Å². The van der Waals surface area contributed by atoms with Crippen LogP contribution >= 0.6 is 0 Å². The highest BCUT2D eigenvalue weighted by Crippen LogP contribution is 2.16. The van der Waals surface area contributed by atoms with E-state index in [0.29, 0.717) is 5.71 Å². The summed E-state index contributed by atoms with van der Waals surface area (Å²) in [5.41, 5.74) is 4.19. The lowest BCUT2D eigenvalue weighted by atomic mass is 10.0. The molecule has 15 heavy (non-hydrogen) atoms. The van der Waals surface area contributed by atoms with Crippen LogP contribution in [0.15, 0.2) is 42.5 Å². The van der Waals surface area contributed by atoms with Crippen molar-refractivity contribution in [1.29, 1.82) is 5.41 Å². The number of hydrogen-bond donors (Lipinski definition) is 1. The molecule has 0 fully saturated rings. The molecule has 0 unspecified atom stereocenters. The normalized spacial score (nSPS) is 12.1. The van der Waals surface area contributed by atoms with Crippen LogP contribution in [0.4, 0.5) is 0 Å². The summed E-state index contributed by atoms with van der Waals surface area (Å²) >= 11 is 0. The first kappa shape index (κ1) is 11.4. The van der Waals surface area contributed by atoms with Crippen LogP contribution in [0.25, 0.3) is 5.57 Å². The maximum absolute atomic E-state index is 7.35. The second-order valence-corrected chi connectivity index (χ2v) is 3.63. The molecule has 0 heterocycles. The average molecular weight is 199 g/mol. The van der Waals surface area contributed by atoms with E-state index in [1.54, 1.807) is 6.92 Å². The molecule has 0 aliphatic carbocycles. The molecule has 0 saturated heterocycles. The Labute approximate surface area is 91.7 Å². The van der Waals surface area contributed by atoms with Crippen LogP contribution in [0.1, 0.15) is 25.0 Å². The zero-order valence-electron chi connectivity index (χ0n) is 9.54. The van der Waals surface area contributed by atoms with Gasteiger partial charge in [0.2, 0.25) is 0 Å².